The zero-order valence-electron chi connectivity index (χ0n) is 10.6. The second kappa shape index (κ2) is 4.14. The first kappa shape index (κ1) is 11.8. The number of hydrogen-bond donors (Lipinski definition) is 2. The largest absolute Gasteiger partial charge is 0.409 e. The molecule has 3 aliphatic rings. The summed E-state index contributed by atoms with van der Waals surface area (Å²) in [5, 5.41) is 11.9. The number of carbonyl (C=O) groups excluding carboxylic acids is 1. The molecule has 0 spiro atoms. The maximum atomic E-state index is 12.6. The number of amidine groups is 1. The molecule has 0 radical (unpaired) electrons. The van der Waals surface area contributed by atoms with Crippen LogP contribution in [0, 0.1) is 11.3 Å². The lowest BCUT2D eigenvalue weighted by molar-refractivity contribution is -0.136. The SMILES string of the molecule is NC(=NO)C1(C(=O)N2CCC3CCCCC32)CC1. The van der Waals surface area contributed by atoms with Crippen molar-refractivity contribution in [2.45, 2.75) is 51.0 Å². The van der Waals surface area contributed by atoms with Crippen molar-refractivity contribution >= 4 is 11.7 Å². The maximum absolute atomic E-state index is 12.6. The number of oxime groups is 1. The molecular weight excluding hydrogens is 230 g/mol. The molecule has 1 amide bonds. The Morgan fingerprint density at radius 3 is 2.67 bits per heavy atom. The van der Waals surface area contributed by atoms with Crippen LogP contribution in [-0.2, 0) is 4.79 Å². The lowest BCUT2D eigenvalue weighted by Gasteiger charge is -2.33. The second-order valence-corrected chi connectivity index (χ2v) is 5.97. The number of rotatable bonds is 2. The summed E-state index contributed by atoms with van der Waals surface area (Å²) in [6, 6.07) is 0.412. The molecule has 3 N–H and O–H groups in total. The summed E-state index contributed by atoms with van der Waals surface area (Å²) in [7, 11) is 0. The third-order valence-electron chi connectivity index (χ3n) is 5.03. The van der Waals surface area contributed by atoms with E-state index in [1.165, 1.54) is 19.3 Å². The van der Waals surface area contributed by atoms with E-state index in [2.05, 4.69) is 5.16 Å². The van der Waals surface area contributed by atoms with Crippen molar-refractivity contribution in [1.29, 1.82) is 0 Å². The summed E-state index contributed by atoms with van der Waals surface area (Å²) in [6.07, 6.45) is 7.50. The van der Waals surface area contributed by atoms with Crippen LogP contribution in [0.1, 0.15) is 44.9 Å². The monoisotopic (exact) mass is 251 g/mol. The molecule has 18 heavy (non-hydrogen) atoms. The Labute approximate surface area is 107 Å². The second-order valence-electron chi connectivity index (χ2n) is 5.97. The summed E-state index contributed by atoms with van der Waals surface area (Å²) < 4.78 is 0. The van der Waals surface area contributed by atoms with E-state index in [-0.39, 0.29) is 11.7 Å². The standard InChI is InChI=1S/C13H21N3O2/c14-11(15-18)13(6-7-13)12(17)16-8-5-9-3-1-2-4-10(9)16/h9-10,18H,1-8H2,(H2,14,15). The van der Waals surface area contributed by atoms with Gasteiger partial charge < -0.3 is 15.8 Å². The number of amides is 1. The minimum Gasteiger partial charge on any atom is -0.409 e. The molecule has 1 aliphatic heterocycles. The van der Waals surface area contributed by atoms with Crippen LogP contribution in [-0.4, -0.2) is 34.4 Å². The zero-order chi connectivity index (χ0) is 12.8. The van der Waals surface area contributed by atoms with Gasteiger partial charge in [-0.05, 0) is 38.0 Å². The van der Waals surface area contributed by atoms with Gasteiger partial charge in [0.15, 0.2) is 5.84 Å². The average Bonchev–Trinajstić information content (AvgIpc) is 3.11. The molecule has 5 heteroatoms. The number of likely N-dealkylation sites (tertiary alicyclic amines) is 1. The van der Waals surface area contributed by atoms with Gasteiger partial charge in [0, 0.05) is 12.6 Å². The van der Waals surface area contributed by atoms with Gasteiger partial charge in [-0.15, -0.1) is 0 Å². The first-order valence-electron chi connectivity index (χ1n) is 6.98. The van der Waals surface area contributed by atoms with Gasteiger partial charge in [0.1, 0.15) is 5.41 Å². The minimum absolute atomic E-state index is 0.103. The van der Waals surface area contributed by atoms with E-state index in [1.807, 2.05) is 4.90 Å². The normalized spacial score (nSPS) is 34.2. The fourth-order valence-corrected chi connectivity index (χ4v) is 3.73. The quantitative estimate of drug-likeness (QED) is 0.336. The molecule has 1 heterocycles. The highest BCUT2D eigenvalue weighted by molar-refractivity contribution is 6.09. The van der Waals surface area contributed by atoms with Gasteiger partial charge in [0.05, 0.1) is 0 Å². The van der Waals surface area contributed by atoms with Gasteiger partial charge in [0.2, 0.25) is 5.91 Å². The summed E-state index contributed by atoms with van der Waals surface area (Å²) in [6.45, 7) is 0.856. The van der Waals surface area contributed by atoms with Crippen LogP contribution in [0.15, 0.2) is 5.16 Å². The van der Waals surface area contributed by atoms with Crippen molar-refractivity contribution < 1.29 is 10.0 Å². The van der Waals surface area contributed by atoms with Gasteiger partial charge in [-0.1, -0.05) is 18.0 Å². The Hall–Kier alpha value is -1.26. The van der Waals surface area contributed by atoms with E-state index in [1.54, 1.807) is 0 Å². The zero-order valence-corrected chi connectivity index (χ0v) is 10.6. The van der Waals surface area contributed by atoms with Crippen LogP contribution in [0.25, 0.3) is 0 Å². The highest BCUT2D eigenvalue weighted by Gasteiger charge is 2.57. The molecule has 0 aromatic rings. The van der Waals surface area contributed by atoms with Crippen molar-refractivity contribution in [2.24, 2.45) is 22.2 Å². The number of carbonyl (C=O) groups is 1. The number of hydrogen-bond acceptors (Lipinski definition) is 3. The molecule has 0 bridgehead atoms. The van der Waals surface area contributed by atoms with E-state index in [0.29, 0.717) is 12.0 Å². The smallest absolute Gasteiger partial charge is 0.236 e. The molecule has 100 valence electrons. The van der Waals surface area contributed by atoms with Crippen LogP contribution < -0.4 is 5.73 Å². The van der Waals surface area contributed by atoms with Gasteiger partial charge in [-0.25, -0.2) is 0 Å². The van der Waals surface area contributed by atoms with Crippen LogP contribution in [0.5, 0.6) is 0 Å². The Morgan fingerprint density at radius 1 is 1.28 bits per heavy atom. The number of nitrogens with two attached hydrogens (primary N) is 1. The molecule has 2 aliphatic carbocycles. The lowest BCUT2D eigenvalue weighted by Crippen LogP contribution is -2.47. The van der Waals surface area contributed by atoms with Crippen molar-refractivity contribution in [3.05, 3.63) is 0 Å². The molecule has 3 rings (SSSR count). The van der Waals surface area contributed by atoms with Gasteiger partial charge in [0.25, 0.3) is 0 Å². The highest BCUT2D eigenvalue weighted by Crippen LogP contribution is 2.49. The Bertz CT molecular complexity index is 390. The van der Waals surface area contributed by atoms with Crippen LogP contribution in [0.3, 0.4) is 0 Å². The molecule has 2 atom stereocenters. The van der Waals surface area contributed by atoms with E-state index in [4.69, 9.17) is 10.9 Å². The van der Waals surface area contributed by atoms with Crippen LogP contribution >= 0.6 is 0 Å². The fourth-order valence-electron chi connectivity index (χ4n) is 3.73. The minimum atomic E-state index is -0.666. The third-order valence-corrected chi connectivity index (χ3v) is 5.03. The van der Waals surface area contributed by atoms with Gasteiger partial charge in [-0.3, -0.25) is 4.79 Å². The first-order valence-corrected chi connectivity index (χ1v) is 6.98. The van der Waals surface area contributed by atoms with Gasteiger partial charge >= 0.3 is 0 Å². The molecular formula is C13H21N3O2. The molecule has 2 saturated carbocycles. The fraction of sp³-hybridized carbons (Fsp3) is 0.846. The van der Waals surface area contributed by atoms with E-state index >= 15 is 0 Å². The topological polar surface area (TPSA) is 78.9 Å². The Morgan fingerprint density at radius 2 is 2.00 bits per heavy atom. The van der Waals surface area contributed by atoms with Crippen LogP contribution in [0.4, 0.5) is 0 Å². The maximum Gasteiger partial charge on any atom is 0.236 e. The Balaban J connectivity index is 1.77. The summed E-state index contributed by atoms with van der Waals surface area (Å²) in [5.74, 6) is 0.893. The van der Waals surface area contributed by atoms with Crippen molar-refractivity contribution in [3.8, 4) is 0 Å². The highest BCUT2D eigenvalue weighted by atomic mass is 16.4. The van der Waals surface area contributed by atoms with Crippen LogP contribution in [0.2, 0.25) is 0 Å². The summed E-state index contributed by atoms with van der Waals surface area (Å²) in [5.41, 5.74) is 5.04. The van der Waals surface area contributed by atoms with Crippen molar-refractivity contribution in [2.75, 3.05) is 6.54 Å². The van der Waals surface area contributed by atoms with Gasteiger partial charge in [-0.2, -0.15) is 0 Å². The average molecular weight is 251 g/mol. The summed E-state index contributed by atoms with van der Waals surface area (Å²) >= 11 is 0. The predicted molar refractivity (Wildman–Crippen MR) is 67.2 cm³/mol. The third kappa shape index (κ3) is 1.60. The molecule has 1 saturated heterocycles. The Kier molecular flexibility index (Phi) is 2.72. The van der Waals surface area contributed by atoms with E-state index in [9.17, 15) is 4.79 Å². The predicted octanol–water partition coefficient (Wildman–Crippen LogP) is 1.30. The van der Waals surface area contributed by atoms with Crippen molar-refractivity contribution in [3.63, 3.8) is 0 Å². The molecule has 5 nitrogen and oxygen atoms in total. The molecule has 0 aromatic heterocycles. The van der Waals surface area contributed by atoms with Crippen molar-refractivity contribution in [1.82, 2.24) is 4.90 Å². The lowest BCUT2D eigenvalue weighted by atomic mass is 9.85. The van der Waals surface area contributed by atoms with E-state index in [0.717, 1.165) is 32.2 Å². The summed E-state index contributed by atoms with van der Waals surface area (Å²) in [4.78, 5) is 14.7. The number of nitrogens with zero attached hydrogens (tertiary/aromatic N) is 2. The molecule has 3 fully saturated rings. The first-order chi connectivity index (χ1) is 8.69. The molecule has 2 unspecified atom stereocenters. The molecule has 0 aromatic carbocycles. The van der Waals surface area contributed by atoms with E-state index < -0.39 is 5.41 Å². The number of fused-ring (bicyclic) bond motifs is 1.